The Morgan fingerprint density at radius 1 is 1.89 bits per heavy atom. The first-order valence-electron chi connectivity index (χ1n) is 2.98. The molecule has 0 spiro atoms. The fraction of sp³-hybridized carbons (Fsp3) is 0.800. The summed E-state index contributed by atoms with van der Waals surface area (Å²) in [6.07, 6.45) is 0.737. The maximum atomic E-state index is 10.7. The number of carbonyl (C=O) groups is 1. The van der Waals surface area contributed by atoms with Crippen LogP contribution in [0.2, 0.25) is 0 Å². The van der Waals surface area contributed by atoms with Gasteiger partial charge in [0.25, 0.3) is 0 Å². The summed E-state index contributed by atoms with van der Waals surface area (Å²) in [6.45, 7) is 0.699. The van der Waals surface area contributed by atoms with Crippen LogP contribution in [-0.2, 0) is 0 Å². The molecule has 1 aliphatic rings. The Balaban J connectivity index is 2.51. The van der Waals surface area contributed by atoms with Crippen LogP contribution in [0.5, 0.6) is 0 Å². The average molecular weight is 129 g/mol. The highest BCUT2D eigenvalue weighted by Crippen LogP contribution is 1.99. The molecule has 0 aromatic rings. The largest absolute Gasteiger partial charge is 0.338 e. The van der Waals surface area contributed by atoms with Gasteiger partial charge in [0.15, 0.2) is 0 Å². The van der Waals surface area contributed by atoms with E-state index in [9.17, 15) is 4.79 Å². The highest BCUT2D eigenvalue weighted by atomic mass is 16.2. The third-order valence-corrected chi connectivity index (χ3v) is 1.53. The molecular weight excluding hydrogens is 118 g/mol. The molecule has 52 valence electrons. The smallest absolute Gasteiger partial charge is 0.318 e. The van der Waals surface area contributed by atoms with E-state index >= 15 is 0 Å². The van der Waals surface area contributed by atoms with E-state index in [2.05, 4.69) is 5.32 Å². The van der Waals surface area contributed by atoms with E-state index in [0.29, 0.717) is 6.54 Å². The topological polar surface area (TPSA) is 58.4 Å². The van der Waals surface area contributed by atoms with E-state index in [0.717, 1.165) is 6.42 Å². The molecule has 1 fully saturated rings. The molecule has 1 heterocycles. The molecule has 0 aliphatic carbocycles. The predicted molar refractivity (Wildman–Crippen MR) is 33.8 cm³/mol. The van der Waals surface area contributed by atoms with Gasteiger partial charge in [-0.1, -0.05) is 0 Å². The lowest BCUT2D eigenvalue weighted by atomic mass is 10.3. The summed E-state index contributed by atoms with van der Waals surface area (Å²) in [7, 11) is 1.69. The third-order valence-electron chi connectivity index (χ3n) is 1.53. The van der Waals surface area contributed by atoms with Gasteiger partial charge in [0, 0.05) is 13.6 Å². The van der Waals surface area contributed by atoms with Crippen molar-refractivity contribution in [2.75, 3.05) is 13.6 Å². The molecule has 0 aromatic heterocycles. The number of amides is 2. The molecule has 1 rings (SSSR count). The molecular formula is C5H11N3O. The van der Waals surface area contributed by atoms with E-state index < -0.39 is 0 Å². The van der Waals surface area contributed by atoms with E-state index in [1.165, 1.54) is 4.90 Å². The monoisotopic (exact) mass is 129 g/mol. The van der Waals surface area contributed by atoms with Crippen LogP contribution in [0.4, 0.5) is 4.79 Å². The lowest BCUT2D eigenvalue weighted by Gasteiger charge is -2.29. The molecule has 1 aliphatic heterocycles. The van der Waals surface area contributed by atoms with Crippen molar-refractivity contribution in [3.63, 3.8) is 0 Å². The zero-order valence-corrected chi connectivity index (χ0v) is 5.42. The maximum Gasteiger partial charge on any atom is 0.318 e. The van der Waals surface area contributed by atoms with Crippen LogP contribution in [0.15, 0.2) is 0 Å². The lowest BCUT2D eigenvalue weighted by Crippen LogP contribution is -2.53. The molecule has 1 unspecified atom stereocenters. The zero-order chi connectivity index (χ0) is 6.85. The quantitative estimate of drug-likeness (QED) is 0.455. The number of nitrogens with two attached hydrogens (primary N) is 1. The van der Waals surface area contributed by atoms with Crippen molar-refractivity contribution in [2.45, 2.75) is 12.6 Å². The molecule has 4 nitrogen and oxygen atoms in total. The highest BCUT2D eigenvalue weighted by molar-refractivity contribution is 5.74. The van der Waals surface area contributed by atoms with Crippen LogP contribution < -0.4 is 11.1 Å². The van der Waals surface area contributed by atoms with Crippen molar-refractivity contribution in [2.24, 2.45) is 5.73 Å². The van der Waals surface area contributed by atoms with Gasteiger partial charge in [-0.3, -0.25) is 0 Å². The Morgan fingerprint density at radius 3 is 3.00 bits per heavy atom. The van der Waals surface area contributed by atoms with E-state index in [1.54, 1.807) is 7.05 Å². The van der Waals surface area contributed by atoms with E-state index in [1.807, 2.05) is 0 Å². The summed E-state index contributed by atoms with van der Waals surface area (Å²) in [6, 6.07) is -0.0752. The first-order valence-corrected chi connectivity index (χ1v) is 2.98. The zero-order valence-electron chi connectivity index (χ0n) is 5.42. The van der Waals surface area contributed by atoms with E-state index in [-0.39, 0.29) is 12.2 Å². The first-order chi connectivity index (χ1) is 4.22. The Kier molecular flexibility index (Phi) is 1.57. The minimum atomic E-state index is -0.0984. The fourth-order valence-electron chi connectivity index (χ4n) is 0.796. The van der Waals surface area contributed by atoms with Crippen molar-refractivity contribution in [3.05, 3.63) is 0 Å². The third kappa shape index (κ3) is 1.13. The second kappa shape index (κ2) is 2.23. The van der Waals surface area contributed by atoms with Crippen LogP contribution in [0.25, 0.3) is 0 Å². The highest BCUT2D eigenvalue weighted by Gasteiger charge is 2.19. The molecule has 4 heteroatoms. The summed E-state index contributed by atoms with van der Waals surface area (Å²) in [5.74, 6) is 0. The second-order valence-electron chi connectivity index (χ2n) is 2.20. The Bertz CT molecular complexity index is 125. The normalized spacial score (nSPS) is 28.0. The van der Waals surface area contributed by atoms with Crippen LogP contribution in [0.1, 0.15) is 6.42 Å². The predicted octanol–water partition coefficient (Wildman–Crippen LogP) is -0.684. The van der Waals surface area contributed by atoms with Crippen molar-refractivity contribution in [1.29, 1.82) is 0 Å². The Hall–Kier alpha value is -0.770. The summed E-state index contributed by atoms with van der Waals surface area (Å²) in [5, 5.41) is 2.67. The number of nitrogens with one attached hydrogen (secondary N) is 1. The summed E-state index contributed by atoms with van der Waals surface area (Å²) in [5.41, 5.74) is 5.53. The summed E-state index contributed by atoms with van der Waals surface area (Å²) < 4.78 is 0. The Morgan fingerprint density at radius 2 is 2.56 bits per heavy atom. The van der Waals surface area contributed by atoms with Gasteiger partial charge in [-0.05, 0) is 6.42 Å². The number of hydrogen-bond acceptors (Lipinski definition) is 2. The molecule has 2 amide bonds. The molecule has 0 saturated carbocycles. The molecule has 0 bridgehead atoms. The molecule has 1 saturated heterocycles. The number of hydrogen-bond donors (Lipinski definition) is 2. The van der Waals surface area contributed by atoms with Crippen LogP contribution >= 0.6 is 0 Å². The molecule has 9 heavy (non-hydrogen) atoms. The standard InChI is InChI=1S/C5H11N3O/c1-8-4(6)2-3-7-5(8)9/h4H,2-3,6H2,1H3,(H,7,9). The van der Waals surface area contributed by atoms with Gasteiger partial charge in [-0.15, -0.1) is 0 Å². The molecule has 0 aromatic carbocycles. The Labute approximate surface area is 54.0 Å². The van der Waals surface area contributed by atoms with Gasteiger partial charge < -0.3 is 16.0 Å². The second-order valence-corrected chi connectivity index (χ2v) is 2.20. The van der Waals surface area contributed by atoms with Crippen LogP contribution in [0.3, 0.4) is 0 Å². The SMILES string of the molecule is CN1C(=O)NCCC1N. The maximum absolute atomic E-state index is 10.7. The van der Waals surface area contributed by atoms with Gasteiger partial charge in [0.05, 0.1) is 6.17 Å². The number of urea groups is 1. The molecule has 0 radical (unpaired) electrons. The van der Waals surface area contributed by atoms with Gasteiger partial charge in [0.2, 0.25) is 0 Å². The molecule has 3 N–H and O–H groups in total. The van der Waals surface area contributed by atoms with Gasteiger partial charge in [-0.2, -0.15) is 0 Å². The van der Waals surface area contributed by atoms with Gasteiger partial charge in [0.1, 0.15) is 0 Å². The summed E-state index contributed by atoms with van der Waals surface area (Å²) in [4.78, 5) is 12.2. The van der Waals surface area contributed by atoms with Crippen LogP contribution in [-0.4, -0.2) is 30.7 Å². The fourth-order valence-corrected chi connectivity index (χ4v) is 0.796. The van der Waals surface area contributed by atoms with Crippen molar-refractivity contribution >= 4 is 6.03 Å². The van der Waals surface area contributed by atoms with Gasteiger partial charge >= 0.3 is 6.03 Å². The lowest BCUT2D eigenvalue weighted by molar-refractivity contribution is 0.173. The molecule has 1 atom stereocenters. The van der Waals surface area contributed by atoms with Crippen LogP contribution in [0, 0.1) is 0 Å². The minimum absolute atomic E-state index is 0.0752. The number of nitrogens with zero attached hydrogens (tertiary/aromatic N) is 1. The number of carbonyl (C=O) groups excluding carboxylic acids is 1. The van der Waals surface area contributed by atoms with Crippen molar-refractivity contribution in [3.8, 4) is 0 Å². The van der Waals surface area contributed by atoms with E-state index in [4.69, 9.17) is 5.73 Å². The number of rotatable bonds is 0. The van der Waals surface area contributed by atoms with Crippen molar-refractivity contribution < 1.29 is 4.79 Å². The van der Waals surface area contributed by atoms with Gasteiger partial charge in [-0.25, -0.2) is 4.79 Å². The summed E-state index contributed by atoms with van der Waals surface area (Å²) >= 11 is 0. The van der Waals surface area contributed by atoms with Crippen molar-refractivity contribution in [1.82, 2.24) is 10.2 Å². The minimum Gasteiger partial charge on any atom is -0.338 e. The average Bonchev–Trinajstić information content (AvgIpc) is 1.83. The first kappa shape index (κ1) is 6.35.